The summed E-state index contributed by atoms with van der Waals surface area (Å²) >= 11 is 0. The fourth-order valence-electron chi connectivity index (χ4n) is 3.78. The van der Waals surface area contributed by atoms with Gasteiger partial charge in [-0.1, -0.05) is 87.6 Å². The van der Waals surface area contributed by atoms with Gasteiger partial charge in [0.1, 0.15) is 24.9 Å². The van der Waals surface area contributed by atoms with E-state index in [0.717, 1.165) is 23.4 Å². The summed E-state index contributed by atoms with van der Waals surface area (Å²) in [6.07, 6.45) is 9.36. The normalized spacial score (nSPS) is 12.2. The van der Waals surface area contributed by atoms with Gasteiger partial charge in [-0.2, -0.15) is 0 Å². The van der Waals surface area contributed by atoms with Crippen molar-refractivity contribution in [2.75, 3.05) is 27.2 Å². The molecule has 28 heavy (non-hydrogen) atoms. The molecule has 1 unspecified atom stereocenters. The number of ether oxygens (including phenoxy) is 1. The van der Waals surface area contributed by atoms with Crippen molar-refractivity contribution >= 4 is 0 Å². The van der Waals surface area contributed by atoms with Crippen molar-refractivity contribution in [2.45, 2.75) is 57.9 Å². The van der Waals surface area contributed by atoms with E-state index < -0.39 is 0 Å². The quantitative estimate of drug-likeness (QED) is 0.366. The molecule has 0 radical (unpaired) electrons. The highest BCUT2D eigenvalue weighted by molar-refractivity contribution is 5.21. The summed E-state index contributed by atoms with van der Waals surface area (Å²) in [5.41, 5.74) is 1.45. The van der Waals surface area contributed by atoms with Gasteiger partial charge in [0.05, 0.1) is 14.1 Å². The zero-order chi connectivity index (χ0) is 19.4. The van der Waals surface area contributed by atoms with E-state index in [1.54, 1.807) is 0 Å². The van der Waals surface area contributed by atoms with Gasteiger partial charge in [0.15, 0.2) is 0 Å². The number of hydrogen-bond acceptors (Lipinski definition) is 1. The van der Waals surface area contributed by atoms with Crippen LogP contribution in [-0.4, -0.2) is 31.7 Å². The van der Waals surface area contributed by atoms with E-state index in [-0.39, 0.29) is 12.4 Å². The lowest BCUT2D eigenvalue weighted by atomic mass is 9.97. The van der Waals surface area contributed by atoms with Crippen molar-refractivity contribution < 1.29 is 21.6 Å². The summed E-state index contributed by atoms with van der Waals surface area (Å²) in [4.78, 5) is 0. The number of halogens is 1. The second-order valence-corrected chi connectivity index (χ2v) is 8.15. The zero-order valence-corrected chi connectivity index (χ0v) is 18.7. The Kier molecular flexibility index (Phi) is 11.9. The fourth-order valence-corrected chi connectivity index (χ4v) is 3.78. The molecule has 0 heterocycles. The van der Waals surface area contributed by atoms with E-state index in [0.29, 0.717) is 6.04 Å². The molecular weight excluding hydrogens is 366 g/mol. The van der Waals surface area contributed by atoms with Crippen LogP contribution in [0.5, 0.6) is 5.75 Å². The molecule has 0 amide bonds. The van der Waals surface area contributed by atoms with E-state index in [9.17, 15) is 0 Å². The van der Waals surface area contributed by atoms with Crippen LogP contribution in [0.2, 0.25) is 0 Å². The van der Waals surface area contributed by atoms with Gasteiger partial charge < -0.3 is 21.6 Å². The molecule has 1 atom stereocenters. The predicted octanol–water partition coefficient (Wildman–Crippen LogP) is 3.64. The Hall–Kier alpha value is -1.51. The zero-order valence-electron chi connectivity index (χ0n) is 17.9. The molecule has 0 aliphatic heterocycles. The second kappa shape index (κ2) is 13.6. The highest BCUT2D eigenvalue weighted by Gasteiger charge is 2.29. The lowest BCUT2D eigenvalue weighted by Crippen LogP contribution is -3.00. The van der Waals surface area contributed by atoms with Crippen molar-refractivity contribution in [1.82, 2.24) is 0 Å². The lowest BCUT2D eigenvalue weighted by molar-refractivity contribution is -0.921. The molecule has 3 heteroatoms. The standard InChI is InChI=1S/C25H38NO.ClH/c1-4-5-6-7-8-15-20-25(23-16-11-9-12-17-23)26(2,3)21-22-27-24-18-13-10-14-19-24;/h9-14,16-19,25H,4-8,15,20-22H2,1-3H3;1H/q+1;/p-1. The first-order valence-corrected chi connectivity index (χ1v) is 10.7. The Labute approximate surface area is 178 Å². The number of nitrogens with zero attached hydrogens (tertiary/aromatic N) is 1. The molecule has 156 valence electrons. The number of unbranched alkanes of at least 4 members (excludes halogenated alkanes) is 5. The van der Waals surface area contributed by atoms with Crippen LogP contribution < -0.4 is 17.1 Å². The van der Waals surface area contributed by atoms with E-state index in [1.165, 1.54) is 50.5 Å². The number of para-hydroxylation sites is 1. The minimum atomic E-state index is 0. The largest absolute Gasteiger partial charge is 1.00 e. The Morgan fingerprint density at radius 3 is 2.00 bits per heavy atom. The van der Waals surface area contributed by atoms with Crippen LogP contribution in [0.3, 0.4) is 0 Å². The van der Waals surface area contributed by atoms with Gasteiger partial charge in [0.25, 0.3) is 0 Å². The predicted molar refractivity (Wildman–Crippen MR) is 116 cm³/mol. The fraction of sp³-hybridized carbons (Fsp3) is 0.520. The number of likely N-dealkylation sites (N-methyl/N-ethyl adjacent to an activating group) is 1. The van der Waals surface area contributed by atoms with Crippen molar-refractivity contribution in [3.8, 4) is 5.75 Å². The molecule has 0 saturated carbocycles. The smallest absolute Gasteiger partial charge is 0.137 e. The Balaban J connectivity index is 0.00000392. The third kappa shape index (κ3) is 8.67. The number of rotatable bonds is 13. The van der Waals surface area contributed by atoms with E-state index in [4.69, 9.17) is 4.74 Å². The van der Waals surface area contributed by atoms with Gasteiger partial charge in [0, 0.05) is 12.0 Å². The molecule has 2 aromatic carbocycles. The van der Waals surface area contributed by atoms with Crippen molar-refractivity contribution in [1.29, 1.82) is 0 Å². The summed E-state index contributed by atoms with van der Waals surface area (Å²) in [7, 11) is 4.70. The third-order valence-corrected chi connectivity index (χ3v) is 5.54. The molecule has 0 aliphatic carbocycles. The van der Waals surface area contributed by atoms with E-state index in [2.05, 4.69) is 51.4 Å². The van der Waals surface area contributed by atoms with Crippen LogP contribution in [0.1, 0.15) is 63.5 Å². The van der Waals surface area contributed by atoms with E-state index in [1.807, 2.05) is 30.3 Å². The molecule has 0 fully saturated rings. The lowest BCUT2D eigenvalue weighted by Gasteiger charge is -2.38. The van der Waals surface area contributed by atoms with Crippen molar-refractivity contribution in [3.63, 3.8) is 0 Å². The van der Waals surface area contributed by atoms with Crippen LogP contribution in [0.4, 0.5) is 0 Å². The number of hydrogen-bond donors (Lipinski definition) is 0. The first-order chi connectivity index (χ1) is 13.1. The third-order valence-electron chi connectivity index (χ3n) is 5.54. The SMILES string of the molecule is CCCCCCCCC(c1ccccc1)[N+](C)(C)CCOc1ccccc1.[Cl-]. The molecular formula is C25H38ClNO. The van der Waals surface area contributed by atoms with Crippen molar-refractivity contribution in [2.24, 2.45) is 0 Å². The molecule has 2 aromatic rings. The first kappa shape index (κ1) is 24.5. The van der Waals surface area contributed by atoms with Gasteiger partial charge in [-0.3, -0.25) is 0 Å². The van der Waals surface area contributed by atoms with Crippen LogP contribution in [0, 0.1) is 0 Å². The number of benzene rings is 2. The maximum atomic E-state index is 5.98. The van der Waals surface area contributed by atoms with Crippen LogP contribution in [0.15, 0.2) is 60.7 Å². The van der Waals surface area contributed by atoms with Crippen molar-refractivity contribution in [3.05, 3.63) is 66.2 Å². The van der Waals surface area contributed by atoms with Gasteiger partial charge in [-0.25, -0.2) is 0 Å². The van der Waals surface area contributed by atoms with Gasteiger partial charge in [-0.05, 0) is 18.6 Å². The highest BCUT2D eigenvalue weighted by Crippen LogP contribution is 2.30. The molecule has 0 bridgehead atoms. The molecule has 0 saturated heterocycles. The molecule has 0 aliphatic rings. The summed E-state index contributed by atoms with van der Waals surface area (Å²) in [6.45, 7) is 4.03. The maximum absolute atomic E-state index is 5.98. The van der Waals surface area contributed by atoms with Crippen LogP contribution >= 0.6 is 0 Å². The minimum absolute atomic E-state index is 0. The van der Waals surface area contributed by atoms with Gasteiger partial charge in [0.2, 0.25) is 0 Å². The van der Waals surface area contributed by atoms with E-state index >= 15 is 0 Å². The average Bonchev–Trinajstić information content (AvgIpc) is 2.68. The Bertz CT molecular complexity index is 615. The van der Waals surface area contributed by atoms with Crippen LogP contribution in [0.25, 0.3) is 0 Å². The maximum Gasteiger partial charge on any atom is 0.137 e. The van der Waals surface area contributed by atoms with Gasteiger partial charge in [-0.15, -0.1) is 0 Å². The molecule has 0 spiro atoms. The Morgan fingerprint density at radius 1 is 0.786 bits per heavy atom. The summed E-state index contributed by atoms with van der Waals surface area (Å²) in [5.74, 6) is 0.963. The topological polar surface area (TPSA) is 9.23 Å². The molecule has 0 N–H and O–H groups in total. The molecule has 2 rings (SSSR count). The molecule has 0 aromatic heterocycles. The van der Waals surface area contributed by atoms with Gasteiger partial charge >= 0.3 is 0 Å². The number of quaternary nitrogens is 1. The van der Waals surface area contributed by atoms with Crippen LogP contribution in [-0.2, 0) is 0 Å². The average molecular weight is 404 g/mol. The monoisotopic (exact) mass is 403 g/mol. The Morgan fingerprint density at radius 2 is 1.36 bits per heavy atom. The second-order valence-electron chi connectivity index (χ2n) is 8.15. The summed E-state index contributed by atoms with van der Waals surface area (Å²) < 4.78 is 6.95. The summed E-state index contributed by atoms with van der Waals surface area (Å²) in [6, 6.07) is 21.7. The minimum Gasteiger partial charge on any atom is -1.00 e. The molecule has 2 nitrogen and oxygen atoms in total. The first-order valence-electron chi connectivity index (χ1n) is 10.7. The summed E-state index contributed by atoms with van der Waals surface area (Å²) in [5, 5.41) is 0. The highest BCUT2D eigenvalue weighted by atomic mass is 35.5.